The Morgan fingerprint density at radius 2 is 1.70 bits per heavy atom. The lowest BCUT2D eigenvalue weighted by Crippen LogP contribution is -2.34. The molecule has 0 spiro atoms. The van der Waals surface area contributed by atoms with Gasteiger partial charge in [0.15, 0.2) is 5.82 Å². The van der Waals surface area contributed by atoms with Gasteiger partial charge in [-0.25, -0.2) is 17.5 Å². The second-order valence-electron chi connectivity index (χ2n) is 7.86. The van der Waals surface area contributed by atoms with Crippen LogP contribution in [0.2, 0.25) is 0 Å². The molecule has 1 aliphatic rings. The molecule has 7 heteroatoms. The van der Waals surface area contributed by atoms with Crippen LogP contribution in [-0.4, -0.2) is 30.9 Å². The fraction of sp³-hybridized carbons (Fsp3) is 0.650. The molecular weight excluding hydrogens is 365 g/mol. The zero-order valence-corrected chi connectivity index (χ0v) is 16.8. The number of hydrogen-bond acceptors (Lipinski definition) is 3. The Morgan fingerprint density at radius 3 is 2.48 bits per heavy atom. The maximum Gasteiger partial charge on any atom is 0.208 e. The highest BCUT2D eigenvalue weighted by Crippen LogP contribution is 2.33. The van der Waals surface area contributed by atoms with E-state index < -0.39 is 10.0 Å². The monoisotopic (exact) mass is 395 g/mol. The van der Waals surface area contributed by atoms with E-state index in [1.165, 1.54) is 6.26 Å². The maximum absolute atomic E-state index is 15.0. The molecule has 2 aromatic rings. The van der Waals surface area contributed by atoms with E-state index in [2.05, 4.69) is 14.9 Å². The molecule has 3 rings (SSSR count). The molecule has 1 aromatic carbocycles. The lowest BCUT2D eigenvalue weighted by atomic mass is 9.86. The Morgan fingerprint density at radius 1 is 1.04 bits per heavy atom. The second kappa shape index (κ2) is 9.15. The molecule has 1 fully saturated rings. The number of nitrogens with zero attached hydrogens (tertiary/aromatic N) is 1. The molecule has 0 amide bonds. The van der Waals surface area contributed by atoms with E-state index in [0.717, 1.165) is 75.2 Å². The van der Waals surface area contributed by atoms with Crippen LogP contribution in [0.4, 0.5) is 4.39 Å². The number of rotatable bonds is 3. The third-order valence-electron chi connectivity index (χ3n) is 5.61. The van der Waals surface area contributed by atoms with Gasteiger partial charge in [-0.05, 0) is 37.2 Å². The first kappa shape index (κ1) is 20.3. The third kappa shape index (κ3) is 5.75. The average molecular weight is 396 g/mol. The summed E-state index contributed by atoms with van der Waals surface area (Å²) in [4.78, 5) is 0. The van der Waals surface area contributed by atoms with Crippen LogP contribution in [0.15, 0.2) is 18.3 Å². The van der Waals surface area contributed by atoms with E-state index in [1.807, 2.05) is 12.1 Å². The van der Waals surface area contributed by atoms with Gasteiger partial charge in [-0.15, -0.1) is 0 Å². The SMILES string of the molecule is CS(=O)(=O)NC1CCCCCCCC(c2ccc3cn[nH]c3c2F)CCC1. The van der Waals surface area contributed by atoms with Crippen molar-refractivity contribution in [3.63, 3.8) is 0 Å². The van der Waals surface area contributed by atoms with Crippen LogP contribution in [0, 0.1) is 5.82 Å². The highest BCUT2D eigenvalue weighted by atomic mass is 32.2. The minimum atomic E-state index is -3.20. The quantitative estimate of drug-likeness (QED) is 0.796. The highest BCUT2D eigenvalue weighted by molar-refractivity contribution is 7.88. The molecule has 1 saturated carbocycles. The topological polar surface area (TPSA) is 74.8 Å². The normalized spacial score (nSPS) is 23.6. The standard InChI is InChI=1S/C20H30FN3O2S/c1-27(25,26)24-17-10-6-4-2-3-5-8-15(9-7-11-17)18-13-12-16-14-22-23-20(16)19(18)21/h12-15,17,24H,2-11H2,1H3,(H,22,23). The molecule has 1 aromatic heterocycles. The van der Waals surface area contributed by atoms with Gasteiger partial charge in [0, 0.05) is 11.4 Å². The molecule has 5 nitrogen and oxygen atoms in total. The summed E-state index contributed by atoms with van der Waals surface area (Å²) in [7, 11) is -3.20. The first-order chi connectivity index (χ1) is 12.9. The number of aromatic nitrogens is 2. The van der Waals surface area contributed by atoms with Crippen LogP contribution in [0.25, 0.3) is 10.9 Å². The Kier molecular flexibility index (Phi) is 6.87. The van der Waals surface area contributed by atoms with Crippen molar-refractivity contribution in [1.82, 2.24) is 14.9 Å². The van der Waals surface area contributed by atoms with Crippen molar-refractivity contribution in [2.75, 3.05) is 6.26 Å². The van der Waals surface area contributed by atoms with E-state index in [0.29, 0.717) is 5.52 Å². The first-order valence-corrected chi connectivity index (χ1v) is 11.9. The minimum absolute atomic E-state index is 0.0139. The zero-order chi connectivity index (χ0) is 19.3. The van der Waals surface area contributed by atoms with E-state index in [1.54, 1.807) is 6.20 Å². The van der Waals surface area contributed by atoms with Gasteiger partial charge in [-0.1, -0.05) is 50.7 Å². The number of nitrogens with one attached hydrogen (secondary N) is 2. The van der Waals surface area contributed by atoms with Crippen molar-refractivity contribution in [3.8, 4) is 0 Å². The van der Waals surface area contributed by atoms with Crippen molar-refractivity contribution in [2.45, 2.75) is 76.2 Å². The zero-order valence-electron chi connectivity index (χ0n) is 16.0. The summed E-state index contributed by atoms with van der Waals surface area (Å²) in [6.45, 7) is 0. The number of H-pyrrole nitrogens is 1. The molecule has 150 valence electrons. The summed E-state index contributed by atoms with van der Waals surface area (Å²) in [5.74, 6) is -0.0242. The van der Waals surface area contributed by atoms with Gasteiger partial charge in [-0.3, -0.25) is 5.10 Å². The molecule has 2 N–H and O–H groups in total. The number of sulfonamides is 1. The van der Waals surface area contributed by atoms with E-state index in [4.69, 9.17) is 0 Å². The van der Waals surface area contributed by atoms with Gasteiger partial charge < -0.3 is 0 Å². The van der Waals surface area contributed by atoms with Crippen LogP contribution >= 0.6 is 0 Å². The van der Waals surface area contributed by atoms with Crippen LogP contribution in [0.3, 0.4) is 0 Å². The minimum Gasteiger partial charge on any atom is -0.275 e. The number of aromatic amines is 1. The van der Waals surface area contributed by atoms with Crippen molar-refractivity contribution in [1.29, 1.82) is 0 Å². The van der Waals surface area contributed by atoms with E-state index in [9.17, 15) is 12.8 Å². The molecule has 2 unspecified atom stereocenters. The third-order valence-corrected chi connectivity index (χ3v) is 6.38. The molecule has 0 bridgehead atoms. The van der Waals surface area contributed by atoms with E-state index >= 15 is 0 Å². The van der Waals surface area contributed by atoms with Gasteiger partial charge in [0.2, 0.25) is 10.0 Å². The lowest BCUT2D eigenvalue weighted by molar-refractivity contribution is 0.417. The smallest absolute Gasteiger partial charge is 0.208 e. The molecule has 0 radical (unpaired) electrons. The molecular formula is C20H30FN3O2S. The summed E-state index contributed by atoms with van der Waals surface area (Å²) < 4.78 is 41.0. The van der Waals surface area contributed by atoms with Gasteiger partial charge in [-0.2, -0.15) is 5.10 Å². The fourth-order valence-electron chi connectivity index (χ4n) is 4.25. The summed E-state index contributed by atoms with van der Waals surface area (Å²) >= 11 is 0. The van der Waals surface area contributed by atoms with Gasteiger partial charge >= 0.3 is 0 Å². The Hall–Kier alpha value is -1.47. The van der Waals surface area contributed by atoms with Crippen molar-refractivity contribution in [3.05, 3.63) is 29.7 Å². The number of fused-ring (bicyclic) bond motifs is 1. The second-order valence-corrected chi connectivity index (χ2v) is 9.64. The predicted octanol–water partition coefficient (Wildman–Crippen LogP) is 4.62. The summed E-state index contributed by atoms with van der Waals surface area (Å²) in [6, 6.07) is 3.82. The largest absolute Gasteiger partial charge is 0.275 e. The number of halogens is 1. The van der Waals surface area contributed by atoms with Gasteiger partial charge in [0.1, 0.15) is 5.52 Å². The van der Waals surface area contributed by atoms with Crippen LogP contribution in [0.5, 0.6) is 0 Å². The van der Waals surface area contributed by atoms with Gasteiger partial charge in [0.05, 0.1) is 12.5 Å². The van der Waals surface area contributed by atoms with Crippen molar-refractivity contribution < 1.29 is 12.8 Å². The van der Waals surface area contributed by atoms with Crippen molar-refractivity contribution >= 4 is 20.9 Å². The molecule has 0 saturated heterocycles. The van der Waals surface area contributed by atoms with Crippen LogP contribution in [0.1, 0.15) is 75.7 Å². The van der Waals surface area contributed by atoms with Crippen LogP contribution in [-0.2, 0) is 10.0 Å². The van der Waals surface area contributed by atoms with Crippen LogP contribution < -0.4 is 4.72 Å². The molecule has 1 aliphatic carbocycles. The van der Waals surface area contributed by atoms with Gasteiger partial charge in [0.25, 0.3) is 0 Å². The first-order valence-electron chi connectivity index (χ1n) is 10.0. The molecule has 1 heterocycles. The Labute approximate surface area is 161 Å². The molecule has 0 aliphatic heterocycles. The lowest BCUT2D eigenvalue weighted by Gasteiger charge is -2.22. The Bertz CT molecular complexity index is 850. The Balaban J connectivity index is 1.74. The highest BCUT2D eigenvalue weighted by Gasteiger charge is 2.20. The summed E-state index contributed by atoms with van der Waals surface area (Å²) in [6.07, 6.45) is 12.9. The number of benzene rings is 1. The maximum atomic E-state index is 15.0. The molecule has 2 atom stereocenters. The van der Waals surface area contributed by atoms with Crippen molar-refractivity contribution in [2.24, 2.45) is 0 Å². The predicted molar refractivity (Wildman–Crippen MR) is 107 cm³/mol. The molecule has 27 heavy (non-hydrogen) atoms. The average Bonchev–Trinajstić information content (AvgIpc) is 3.06. The summed E-state index contributed by atoms with van der Waals surface area (Å²) in [5, 5.41) is 7.51. The fourth-order valence-corrected chi connectivity index (χ4v) is 5.09. The number of hydrogen-bond donors (Lipinski definition) is 2. The summed E-state index contributed by atoms with van der Waals surface area (Å²) in [5.41, 5.74) is 1.24. The van der Waals surface area contributed by atoms with E-state index in [-0.39, 0.29) is 17.8 Å².